The summed E-state index contributed by atoms with van der Waals surface area (Å²) in [5.41, 5.74) is 0.729. The summed E-state index contributed by atoms with van der Waals surface area (Å²) in [6, 6.07) is 12.1. The van der Waals surface area contributed by atoms with Crippen LogP contribution in [0.2, 0.25) is 0 Å². The van der Waals surface area contributed by atoms with Crippen molar-refractivity contribution in [3.63, 3.8) is 0 Å². The summed E-state index contributed by atoms with van der Waals surface area (Å²) in [7, 11) is -3.76. The first-order valence-corrected chi connectivity index (χ1v) is 9.83. The maximum Gasteiger partial charge on any atom is 0.243 e. The lowest BCUT2D eigenvalue weighted by atomic mass is 10.2. The fraction of sp³-hybridized carbons (Fsp3) is 0.235. The molecule has 0 saturated carbocycles. The van der Waals surface area contributed by atoms with Crippen molar-refractivity contribution in [2.24, 2.45) is 0 Å². The van der Waals surface area contributed by atoms with E-state index < -0.39 is 15.9 Å². The van der Waals surface area contributed by atoms with E-state index in [1.165, 1.54) is 24.3 Å². The zero-order chi connectivity index (χ0) is 18.4. The molecule has 0 aliphatic carbocycles. The van der Waals surface area contributed by atoms with Crippen LogP contribution in [0.15, 0.2) is 57.9 Å². The molecule has 2 aromatic carbocycles. The number of likely N-dealkylation sites (N-methyl/N-ethyl adjacent to an activating group) is 1. The third-order valence-electron chi connectivity index (χ3n) is 3.51. The molecule has 0 unspecified atom stereocenters. The molecule has 0 heterocycles. The first-order chi connectivity index (χ1) is 11.8. The summed E-state index contributed by atoms with van der Waals surface area (Å²) in [5.74, 6) is -0.780. The number of hydrogen-bond donors (Lipinski definition) is 1. The molecule has 0 saturated heterocycles. The Morgan fingerprint density at radius 1 is 1.20 bits per heavy atom. The SMILES string of the molecule is CCN(CC(=O)NCc1ccc(F)cc1)S(=O)(=O)c1cccc(Br)c1. The minimum atomic E-state index is -3.76. The lowest BCUT2D eigenvalue weighted by Gasteiger charge is -2.20. The normalized spacial score (nSPS) is 11.5. The van der Waals surface area contributed by atoms with Crippen molar-refractivity contribution >= 4 is 31.9 Å². The number of halogens is 2. The molecular weight excluding hydrogens is 411 g/mol. The second-order valence-corrected chi connectivity index (χ2v) is 8.15. The summed E-state index contributed by atoms with van der Waals surface area (Å²) >= 11 is 3.24. The van der Waals surface area contributed by atoms with Crippen LogP contribution < -0.4 is 5.32 Å². The molecule has 0 aliphatic heterocycles. The molecule has 2 aromatic rings. The molecule has 134 valence electrons. The largest absolute Gasteiger partial charge is 0.351 e. The van der Waals surface area contributed by atoms with E-state index in [2.05, 4.69) is 21.2 Å². The van der Waals surface area contributed by atoms with Gasteiger partial charge in [0.25, 0.3) is 0 Å². The highest BCUT2D eigenvalue weighted by Crippen LogP contribution is 2.19. The molecule has 5 nitrogen and oxygen atoms in total. The molecule has 0 fully saturated rings. The molecule has 0 radical (unpaired) electrons. The Morgan fingerprint density at radius 2 is 1.88 bits per heavy atom. The van der Waals surface area contributed by atoms with E-state index in [0.29, 0.717) is 4.47 Å². The topological polar surface area (TPSA) is 66.5 Å². The van der Waals surface area contributed by atoms with Crippen molar-refractivity contribution in [2.75, 3.05) is 13.1 Å². The zero-order valence-electron chi connectivity index (χ0n) is 13.6. The van der Waals surface area contributed by atoms with Gasteiger partial charge in [-0.05, 0) is 35.9 Å². The van der Waals surface area contributed by atoms with Gasteiger partial charge in [0, 0.05) is 17.6 Å². The molecule has 1 amide bonds. The van der Waals surface area contributed by atoms with Gasteiger partial charge in [-0.25, -0.2) is 12.8 Å². The standard InChI is InChI=1S/C17H18BrFN2O3S/c1-2-21(25(23,24)16-5-3-4-14(18)10-16)12-17(22)20-11-13-6-8-15(19)9-7-13/h3-10H,2,11-12H2,1H3,(H,20,22). The van der Waals surface area contributed by atoms with Crippen molar-refractivity contribution < 1.29 is 17.6 Å². The van der Waals surface area contributed by atoms with Crippen LogP contribution in [0.3, 0.4) is 0 Å². The Morgan fingerprint density at radius 3 is 2.48 bits per heavy atom. The molecule has 0 aromatic heterocycles. The Hall–Kier alpha value is -1.77. The van der Waals surface area contributed by atoms with Crippen LogP contribution in [0.1, 0.15) is 12.5 Å². The van der Waals surface area contributed by atoms with Gasteiger partial charge in [-0.3, -0.25) is 4.79 Å². The predicted molar refractivity (Wildman–Crippen MR) is 96.8 cm³/mol. The molecule has 0 aliphatic rings. The van der Waals surface area contributed by atoms with Gasteiger partial charge in [-0.2, -0.15) is 4.31 Å². The number of benzene rings is 2. The highest BCUT2D eigenvalue weighted by Gasteiger charge is 2.25. The summed E-state index contributed by atoms with van der Waals surface area (Å²) in [6.07, 6.45) is 0. The highest BCUT2D eigenvalue weighted by molar-refractivity contribution is 9.10. The zero-order valence-corrected chi connectivity index (χ0v) is 16.0. The van der Waals surface area contributed by atoms with Gasteiger partial charge >= 0.3 is 0 Å². The van der Waals surface area contributed by atoms with E-state index in [9.17, 15) is 17.6 Å². The van der Waals surface area contributed by atoms with Crippen LogP contribution in [0.5, 0.6) is 0 Å². The van der Waals surface area contributed by atoms with E-state index >= 15 is 0 Å². The molecule has 0 spiro atoms. The number of sulfonamides is 1. The molecule has 8 heteroatoms. The summed E-state index contributed by atoms with van der Waals surface area (Å²) in [4.78, 5) is 12.2. The maximum atomic E-state index is 12.9. The van der Waals surface area contributed by atoms with Crippen LogP contribution in [0.4, 0.5) is 4.39 Å². The van der Waals surface area contributed by atoms with Gasteiger partial charge in [0.05, 0.1) is 11.4 Å². The van der Waals surface area contributed by atoms with Gasteiger partial charge in [-0.1, -0.05) is 41.1 Å². The average molecular weight is 429 g/mol. The Kier molecular flexibility index (Phi) is 6.69. The van der Waals surface area contributed by atoms with Crippen LogP contribution >= 0.6 is 15.9 Å². The van der Waals surface area contributed by atoms with Gasteiger partial charge in [0.1, 0.15) is 5.82 Å². The molecular formula is C17H18BrFN2O3S. The summed E-state index contributed by atoms with van der Waals surface area (Å²) in [5, 5.41) is 2.64. The third kappa shape index (κ3) is 5.35. The smallest absolute Gasteiger partial charge is 0.243 e. The maximum absolute atomic E-state index is 12.9. The van der Waals surface area contributed by atoms with Crippen molar-refractivity contribution in [2.45, 2.75) is 18.4 Å². The van der Waals surface area contributed by atoms with Gasteiger partial charge in [0.15, 0.2) is 0 Å². The third-order valence-corrected chi connectivity index (χ3v) is 5.92. The van der Waals surface area contributed by atoms with E-state index in [-0.39, 0.29) is 30.3 Å². The summed E-state index contributed by atoms with van der Waals surface area (Å²) in [6.45, 7) is 1.75. The Labute approximate surface area is 155 Å². The Balaban J connectivity index is 2.02. The minimum Gasteiger partial charge on any atom is -0.351 e. The molecule has 1 N–H and O–H groups in total. The quantitative estimate of drug-likeness (QED) is 0.736. The fourth-order valence-corrected chi connectivity index (χ4v) is 4.16. The average Bonchev–Trinajstić information content (AvgIpc) is 2.59. The number of carbonyl (C=O) groups is 1. The van der Waals surface area contributed by atoms with Crippen LogP contribution in [-0.2, 0) is 21.4 Å². The van der Waals surface area contributed by atoms with E-state index in [1.807, 2.05) is 0 Å². The molecule has 25 heavy (non-hydrogen) atoms. The van der Waals surface area contributed by atoms with E-state index in [1.54, 1.807) is 31.2 Å². The van der Waals surface area contributed by atoms with Gasteiger partial charge in [0.2, 0.25) is 15.9 Å². The minimum absolute atomic E-state index is 0.120. The van der Waals surface area contributed by atoms with Crippen molar-refractivity contribution in [3.8, 4) is 0 Å². The number of nitrogens with one attached hydrogen (secondary N) is 1. The predicted octanol–water partition coefficient (Wildman–Crippen LogP) is 2.92. The van der Waals surface area contributed by atoms with Crippen LogP contribution in [0.25, 0.3) is 0 Å². The van der Waals surface area contributed by atoms with Gasteiger partial charge in [-0.15, -0.1) is 0 Å². The second kappa shape index (κ2) is 8.55. The number of hydrogen-bond acceptors (Lipinski definition) is 3. The molecule has 0 bridgehead atoms. The van der Waals surface area contributed by atoms with Crippen molar-refractivity contribution in [1.29, 1.82) is 0 Å². The van der Waals surface area contributed by atoms with Crippen LogP contribution in [0, 0.1) is 5.82 Å². The van der Waals surface area contributed by atoms with Crippen molar-refractivity contribution in [1.82, 2.24) is 9.62 Å². The first kappa shape index (κ1) is 19.6. The second-order valence-electron chi connectivity index (χ2n) is 5.29. The lowest BCUT2D eigenvalue weighted by Crippen LogP contribution is -2.40. The highest BCUT2D eigenvalue weighted by atomic mass is 79.9. The van der Waals surface area contributed by atoms with E-state index in [4.69, 9.17) is 0 Å². The number of amides is 1. The number of carbonyl (C=O) groups excluding carboxylic acids is 1. The van der Waals surface area contributed by atoms with Crippen molar-refractivity contribution in [3.05, 3.63) is 64.4 Å². The number of rotatable bonds is 7. The molecule has 2 rings (SSSR count). The van der Waals surface area contributed by atoms with Crippen LogP contribution in [-0.4, -0.2) is 31.7 Å². The fourth-order valence-electron chi connectivity index (χ4n) is 2.16. The summed E-state index contributed by atoms with van der Waals surface area (Å²) < 4.78 is 39.9. The van der Waals surface area contributed by atoms with E-state index in [0.717, 1.165) is 9.87 Å². The monoisotopic (exact) mass is 428 g/mol. The lowest BCUT2D eigenvalue weighted by molar-refractivity contribution is -0.121. The number of nitrogens with zero attached hydrogens (tertiary/aromatic N) is 1. The Bertz CT molecular complexity index is 841. The first-order valence-electron chi connectivity index (χ1n) is 7.60. The van der Waals surface area contributed by atoms with Gasteiger partial charge < -0.3 is 5.32 Å². The molecule has 0 atom stereocenters.